The molecule has 13 nitrogen and oxygen atoms in total. The van der Waals surface area contributed by atoms with Crippen molar-refractivity contribution in [3.05, 3.63) is 109 Å². The zero-order valence-corrected chi connectivity index (χ0v) is 33.8. The number of carbonyl (C=O) groups excluding carboxylic acids is 1. The molecule has 0 saturated carbocycles. The van der Waals surface area contributed by atoms with Gasteiger partial charge in [-0.25, -0.2) is 19.6 Å². The summed E-state index contributed by atoms with van der Waals surface area (Å²) in [7, 11) is 1.93. The van der Waals surface area contributed by atoms with E-state index >= 15 is 0 Å². The van der Waals surface area contributed by atoms with Crippen LogP contribution in [0.4, 0.5) is 0 Å². The molecular formula is C46H54N6O7. The molecule has 3 heterocycles. The van der Waals surface area contributed by atoms with E-state index in [9.17, 15) is 19.5 Å². The van der Waals surface area contributed by atoms with Gasteiger partial charge in [-0.15, -0.1) is 0 Å². The molecule has 0 saturated heterocycles. The van der Waals surface area contributed by atoms with Crippen LogP contribution in [0.15, 0.2) is 103 Å². The molecule has 13 heteroatoms. The third-order valence-electron chi connectivity index (χ3n) is 9.85. The van der Waals surface area contributed by atoms with E-state index in [1.54, 1.807) is 43.0 Å². The first-order valence-corrected chi connectivity index (χ1v) is 20.3. The number of carboxylic acids is 2. The van der Waals surface area contributed by atoms with Gasteiger partial charge in [0.15, 0.2) is 6.61 Å². The Morgan fingerprint density at radius 1 is 0.847 bits per heavy atom. The highest BCUT2D eigenvalue weighted by Gasteiger charge is 2.28. The van der Waals surface area contributed by atoms with E-state index in [4.69, 9.17) is 19.7 Å². The monoisotopic (exact) mass is 802 g/mol. The third kappa shape index (κ3) is 13.6. The first-order valence-electron chi connectivity index (χ1n) is 20.3. The van der Waals surface area contributed by atoms with Gasteiger partial charge in [0.05, 0.1) is 23.4 Å². The maximum atomic E-state index is 12.5. The van der Waals surface area contributed by atoms with Gasteiger partial charge >= 0.3 is 11.9 Å². The number of carboxylic acid groups (broad SMARTS) is 2. The molecule has 0 fully saturated rings. The van der Waals surface area contributed by atoms with E-state index in [0.29, 0.717) is 23.8 Å². The molecule has 2 aromatic heterocycles. The van der Waals surface area contributed by atoms with Crippen LogP contribution in [-0.2, 0) is 26.3 Å². The van der Waals surface area contributed by atoms with Crippen LogP contribution in [0.2, 0.25) is 0 Å². The molecule has 1 aliphatic heterocycles. The molecular weight excluding hydrogens is 749 g/mol. The number of nitrogens with one attached hydrogen (secondary N) is 2. The standard InChI is InChI=1S/C43H50N4O7.C3H4N2/c1-3-4-5-6-7-8-9-10-11-12-27-44-38(48)26-15-30-13-16-32(17-14-30)40-41(33-22-24-35(25-23-33)53-29-39(49)50)47(2)42(45-40)34-20-18-31(19-21-34)36-28-37(43(51)52)54-46-36;1-2-5-3-4-1/h13-26,37H,3-12,27-29H2,1-2H3,(H,44,48)(H,49,50)(H,51,52);1-3H,(H,4,5). The summed E-state index contributed by atoms with van der Waals surface area (Å²) >= 11 is 0. The van der Waals surface area contributed by atoms with Crippen LogP contribution in [0.5, 0.6) is 5.75 Å². The number of nitrogens with zero attached hydrogens (tertiary/aromatic N) is 4. The summed E-state index contributed by atoms with van der Waals surface area (Å²) in [6, 6.07) is 22.6. The highest BCUT2D eigenvalue weighted by Crippen LogP contribution is 2.36. The first-order chi connectivity index (χ1) is 28.7. The summed E-state index contributed by atoms with van der Waals surface area (Å²) in [5.41, 5.74) is 6.36. The molecule has 59 heavy (non-hydrogen) atoms. The predicted octanol–water partition coefficient (Wildman–Crippen LogP) is 8.92. The lowest BCUT2D eigenvalue weighted by molar-refractivity contribution is -0.148. The number of hydrogen-bond donors (Lipinski definition) is 4. The summed E-state index contributed by atoms with van der Waals surface area (Å²) in [6.07, 6.45) is 20.2. The number of aromatic amines is 1. The fourth-order valence-electron chi connectivity index (χ4n) is 6.66. The number of oxime groups is 1. The number of benzene rings is 3. The van der Waals surface area contributed by atoms with Crippen LogP contribution in [0.1, 0.15) is 88.7 Å². The van der Waals surface area contributed by atoms with Gasteiger partial charge in [-0.2, -0.15) is 0 Å². The number of ether oxygens (including phenoxy) is 1. The second-order valence-electron chi connectivity index (χ2n) is 14.3. The van der Waals surface area contributed by atoms with Crippen LogP contribution in [-0.4, -0.2) is 72.5 Å². The van der Waals surface area contributed by atoms with Crippen molar-refractivity contribution in [3.8, 4) is 39.7 Å². The van der Waals surface area contributed by atoms with E-state index in [1.165, 1.54) is 51.4 Å². The van der Waals surface area contributed by atoms with Crippen molar-refractivity contribution in [3.63, 3.8) is 0 Å². The minimum Gasteiger partial charge on any atom is -0.482 e. The van der Waals surface area contributed by atoms with Crippen LogP contribution < -0.4 is 10.1 Å². The zero-order valence-electron chi connectivity index (χ0n) is 33.8. The van der Waals surface area contributed by atoms with Crippen molar-refractivity contribution < 1.29 is 34.2 Å². The molecule has 0 radical (unpaired) electrons. The minimum absolute atomic E-state index is 0.109. The second-order valence-corrected chi connectivity index (χ2v) is 14.3. The summed E-state index contributed by atoms with van der Waals surface area (Å²) in [5, 5.41) is 25.2. The smallest absolute Gasteiger partial charge is 0.348 e. The Bertz CT molecular complexity index is 2110. The van der Waals surface area contributed by atoms with E-state index in [1.807, 2.05) is 72.3 Å². The van der Waals surface area contributed by atoms with E-state index in [-0.39, 0.29) is 12.3 Å². The molecule has 1 unspecified atom stereocenters. The number of aromatic nitrogens is 4. The molecule has 6 rings (SSSR count). The topological polar surface area (TPSA) is 181 Å². The Balaban J connectivity index is 0.00000123. The van der Waals surface area contributed by atoms with Crippen molar-refractivity contribution in [2.45, 2.75) is 83.7 Å². The molecule has 0 bridgehead atoms. The largest absolute Gasteiger partial charge is 0.482 e. The summed E-state index contributed by atoms with van der Waals surface area (Å²) < 4.78 is 7.35. The van der Waals surface area contributed by atoms with Gasteiger partial charge in [0.1, 0.15) is 11.6 Å². The SMILES string of the molecule is CCCCCCCCCCCCNC(=O)C=Cc1ccc(-c2nc(-c3ccc(C4=NOC(C(=O)O)C4)cc3)n(C)c2-c2ccc(OCC(=O)O)cc2)cc1.c1c[nH]cn1. The Hall–Kier alpha value is -6.50. The quantitative estimate of drug-likeness (QED) is 0.0416. The van der Waals surface area contributed by atoms with Crippen molar-refractivity contribution in [1.82, 2.24) is 24.8 Å². The van der Waals surface area contributed by atoms with Gasteiger partial charge < -0.3 is 34.7 Å². The van der Waals surface area contributed by atoms with E-state index < -0.39 is 24.6 Å². The number of hydrogen-bond acceptors (Lipinski definition) is 8. The number of H-pyrrole nitrogens is 1. The summed E-state index contributed by atoms with van der Waals surface area (Å²) in [6.45, 7) is 2.48. The number of imidazole rings is 2. The zero-order chi connectivity index (χ0) is 41.8. The molecule has 5 aromatic rings. The first kappa shape index (κ1) is 43.6. The number of unbranched alkanes of at least 4 members (excludes halogenated alkanes) is 9. The van der Waals surface area contributed by atoms with E-state index in [2.05, 4.69) is 27.4 Å². The van der Waals surface area contributed by atoms with Crippen molar-refractivity contribution >= 4 is 29.6 Å². The van der Waals surface area contributed by atoms with Gasteiger partial charge in [-0.1, -0.05) is 118 Å². The number of rotatable bonds is 21. The molecule has 3 aromatic carbocycles. The van der Waals surface area contributed by atoms with Crippen molar-refractivity contribution in [2.24, 2.45) is 12.2 Å². The van der Waals surface area contributed by atoms with Gasteiger partial charge in [-0.05, 0) is 47.9 Å². The van der Waals surface area contributed by atoms with Gasteiger partial charge in [0.25, 0.3) is 0 Å². The molecule has 1 aliphatic rings. The van der Waals surface area contributed by atoms with Crippen LogP contribution in [0.3, 0.4) is 0 Å². The normalized spacial score (nSPS) is 13.3. The summed E-state index contributed by atoms with van der Waals surface area (Å²) in [4.78, 5) is 51.4. The lowest BCUT2D eigenvalue weighted by Crippen LogP contribution is -2.21. The van der Waals surface area contributed by atoms with Gasteiger partial charge in [-0.3, -0.25) is 4.79 Å². The third-order valence-corrected chi connectivity index (χ3v) is 9.85. The number of amides is 1. The minimum atomic E-state index is -1.05. The molecule has 0 aliphatic carbocycles. The fourth-order valence-corrected chi connectivity index (χ4v) is 6.66. The lowest BCUT2D eigenvalue weighted by Gasteiger charge is -2.10. The average molecular weight is 803 g/mol. The molecule has 0 spiro atoms. The van der Waals surface area contributed by atoms with E-state index in [0.717, 1.165) is 52.0 Å². The van der Waals surface area contributed by atoms with Crippen molar-refractivity contribution in [1.29, 1.82) is 0 Å². The fraction of sp³-hybridized carbons (Fsp3) is 0.348. The van der Waals surface area contributed by atoms with Crippen LogP contribution >= 0.6 is 0 Å². The average Bonchev–Trinajstić information content (AvgIpc) is 4.06. The summed E-state index contributed by atoms with van der Waals surface area (Å²) in [5.74, 6) is -1.07. The Labute approximate surface area is 345 Å². The number of aliphatic carboxylic acids is 2. The van der Waals surface area contributed by atoms with Crippen molar-refractivity contribution in [2.75, 3.05) is 13.2 Å². The highest BCUT2D eigenvalue weighted by atomic mass is 16.7. The maximum Gasteiger partial charge on any atom is 0.348 e. The van der Waals surface area contributed by atoms with Crippen LogP contribution in [0.25, 0.3) is 40.0 Å². The Morgan fingerprint density at radius 2 is 1.47 bits per heavy atom. The Morgan fingerprint density at radius 3 is 2.05 bits per heavy atom. The molecule has 310 valence electrons. The van der Waals surface area contributed by atoms with Crippen LogP contribution in [0, 0.1) is 0 Å². The number of carbonyl (C=O) groups is 3. The lowest BCUT2D eigenvalue weighted by atomic mass is 10.0. The molecule has 4 N–H and O–H groups in total. The molecule has 1 amide bonds. The second kappa shape index (κ2) is 23.0. The Kier molecular flexibility index (Phi) is 17.0. The highest BCUT2D eigenvalue weighted by molar-refractivity contribution is 6.03. The molecule has 1 atom stereocenters. The van der Waals surface area contributed by atoms with Gasteiger partial charge in [0.2, 0.25) is 12.0 Å². The predicted molar refractivity (Wildman–Crippen MR) is 229 cm³/mol. The maximum absolute atomic E-state index is 12.5. The van der Waals surface area contributed by atoms with Gasteiger partial charge in [0, 0.05) is 55.2 Å².